The number of hydrogen-bond donors (Lipinski definition) is 2. The van der Waals surface area contributed by atoms with E-state index in [2.05, 4.69) is 31.2 Å². The summed E-state index contributed by atoms with van der Waals surface area (Å²) in [7, 11) is 1.58. The molecule has 128 valence electrons. The lowest BCUT2D eigenvalue weighted by atomic mass is 9.98. The largest absolute Gasteiger partial charge is 0.481 e. The van der Waals surface area contributed by atoms with Gasteiger partial charge in [-0.15, -0.1) is 0 Å². The van der Waals surface area contributed by atoms with Gasteiger partial charge in [-0.1, -0.05) is 6.07 Å². The first kappa shape index (κ1) is 16.4. The normalized spacial score (nSPS) is 15.3. The van der Waals surface area contributed by atoms with Gasteiger partial charge in [0.1, 0.15) is 5.82 Å². The Labute approximate surface area is 141 Å². The van der Waals surface area contributed by atoms with E-state index in [1.165, 1.54) is 0 Å². The lowest BCUT2D eigenvalue weighted by Gasteiger charge is -2.32. The van der Waals surface area contributed by atoms with E-state index < -0.39 is 0 Å². The van der Waals surface area contributed by atoms with Crippen molar-refractivity contribution in [3.63, 3.8) is 0 Å². The fourth-order valence-electron chi connectivity index (χ4n) is 2.78. The number of anilines is 2. The minimum Gasteiger partial charge on any atom is -0.481 e. The van der Waals surface area contributed by atoms with Crippen molar-refractivity contribution in [2.75, 3.05) is 37.0 Å². The van der Waals surface area contributed by atoms with Gasteiger partial charge in [0.15, 0.2) is 0 Å². The molecular weight excluding hydrogens is 306 g/mol. The molecule has 0 amide bonds. The summed E-state index contributed by atoms with van der Waals surface area (Å²) in [6, 6.07) is 5.82. The predicted octanol–water partition coefficient (Wildman–Crippen LogP) is 1.70. The van der Waals surface area contributed by atoms with Crippen molar-refractivity contribution in [2.24, 2.45) is 5.92 Å². The second-order valence-electron chi connectivity index (χ2n) is 5.91. The number of nitrogens with one attached hydrogen (secondary N) is 1. The molecule has 1 aliphatic rings. The Hall–Kier alpha value is -2.41. The topological polar surface area (TPSA) is 83.4 Å². The van der Waals surface area contributed by atoms with Gasteiger partial charge in [0.25, 0.3) is 0 Å². The van der Waals surface area contributed by atoms with Gasteiger partial charge < -0.3 is 20.1 Å². The Morgan fingerprint density at radius 3 is 2.75 bits per heavy atom. The molecule has 0 aliphatic carbocycles. The summed E-state index contributed by atoms with van der Waals surface area (Å²) in [6.07, 6.45) is 5.58. The van der Waals surface area contributed by atoms with E-state index in [0.29, 0.717) is 24.3 Å². The number of piperidine rings is 1. The van der Waals surface area contributed by atoms with Crippen LogP contribution < -0.4 is 15.0 Å². The Bertz CT molecular complexity index is 642. The molecule has 7 nitrogen and oxygen atoms in total. The minimum absolute atomic E-state index is 0.290. The second-order valence-corrected chi connectivity index (χ2v) is 5.91. The van der Waals surface area contributed by atoms with Gasteiger partial charge in [0.2, 0.25) is 11.8 Å². The van der Waals surface area contributed by atoms with Gasteiger partial charge in [0, 0.05) is 44.7 Å². The molecular formula is C17H23N5O2. The number of aromatic nitrogens is 3. The quantitative estimate of drug-likeness (QED) is 0.834. The zero-order valence-electron chi connectivity index (χ0n) is 13.9. The Kier molecular flexibility index (Phi) is 5.43. The van der Waals surface area contributed by atoms with E-state index in [4.69, 9.17) is 4.74 Å². The highest BCUT2D eigenvalue weighted by molar-refractivity contribution is 5.40. The van der Waals surface area contributed by atoms with Crippen LogP contribution in [0.5, 0.6) is 5.88 Å². The molecule has 0 bridgehead atoms. The standard InChI is InChI=1S/C17H23N5O2/c1-24-16-4-7-18-17(21-16)20-11-14-2-3-15(19-10-14)22-8-5-13(12-23)6-9-22/h2-4,7,10,13,23H,5-6,8-9,11-12H2,1H3,(H,18,20,21). The van der Waals surface area contributed by atoms with Gasteiger partial charge in [-0.3, -0.25) is 0 Å². The van der Waals surface area contributed by atoms with Crippen molar-refractivity contribution in [1.29, 1.82) is 0 Å². The number of methoxy groups -OCH3 is 1. The molecule has 1 saturated heterocycles. The summed E-state index contributed by atoms with van der Waals surface area (Å²) in [5.74, 6) is 2.50. The van der Waals surface area contributed by atoms with Crippen LogP contribution in [0.1, 0.15) is 18.4 Å². The minimum atomic E-state index is 0.290. The van der Waals surface area contributed by atoms with E-state index in [1.54, 1.807) is 19.4 Å². The van der Waals surface area contributed by atoms with Crippen LogP contribution >= 0.6 is 0 Å². The molecule has 2 N–H and O–H groups in total. The molecule has 0 saturated carbocycles. The highest BCUT2D eigenvalue weighted by Crippen LogP contribution is 2.21. The highest BCUT2D eigenvalue weighted by atomic mass is 16.5. The van der Waals surface area contributed by atoms with E-state index >= 15 is 0 Å². The summed E-state index contributed by atoms with van der Waals surface area (Å²) in [6.45, 7) is 2.80. The molecule has 3 heterocycles. The predicted molar refractivity (Wildman–Crippen MR) is 92.2 cm³/mol. The second kappa shape index (κ2) is 7.92. The number of hydrogen-bond acceptors (Lipinski definition) is 7. The monoisotopic (exact) mass is 329 g/mol. The molecule has 3 rings (SSSR count). The number of pyridine rings is 1. The molecule has 2 aromatic heterocycles. The smallest absolute Gasteiger partial charge is 0.226 e. The molecule has 0 radical (unpaired) electrons. The Morgan fingerprint density at radius 1 is 1.25 bits per heavy atom. The summed E-state index contributed by atoms with van der Waals surface area (Å²) < 4.78 is 5.08. The molecule has 1 fully saturated rings. The van der Waals surface area contributed by atoms with E-state index in [9.17, 15) is 5.11 Å². The van der Waals surface area contributed by atoms with Gasteiger partial charge >= 0.3 is 0 Å². The molecule has 7 heteroatoms. The van der Waals surface area contributed by atoms with Crippen LogP contribution in [0.2, 0.25) is 0 Å². The fraction of sp³-hybridized carbons (Fsp3) is 0.471. The maximum absolute atomic E-state index is 9.21. The van der Waals surface area contributed by atoms with Crippen molar-refractivity contribution in [1.82, 2.24) is 15.0 Å². The van der Waals surface area contributed by atoms with E-state index in [-0.39, 0.29) is 6.61 Å². The van der Waals surface area contributed by atoms with Crippen molar-refractivity contribution in [3.8, 4) is 5.88 Å². The molecule has 24 heavy (non-hydrogen) atoms. The SMILES string of the molecule is COc1ccnc(NCc2ccc(N3CCC(CO)CC3)nc2)n1. The summed E-state index contributed by atoms with van der Waals surface area (Å²) in [4.78, 5) is 15.2. The van der Waals surface area contributed by atoms with Crippen LogP contribution in [-0.4, -0.2) is 46.9 Å². The van der Waals surface area contributed by atoms with Gasteiger partial charge in [-0.05, 0) is 30.4 Å². The van der Waals surface area contributed by atoms with Crippen LogP contribution in [0, 0.1) is 5.92 Å². The zero-order chi connectivity index (χ0) is 16.8. The molecule has 0 atom stereocenters. The van der Waals surface area contributed by atoms with Crippen molar-refractivity contribution in [3.05, 3.63) is 36.2 Å². The number of aliphatic hydroxyl groups excluding tert-OH is 1. The number of rotatable bonds is 6. The number of ether oxygens (including phenoxy) is 1. The average Bonchev–Trinajstić information content (AvgIpc) is 2.67. The molecule has 1 aliphatic heterocycles. The Balaban J connectivity index is 1.54. The van der Waals surface area contributed by atoms with Crippen molar-refractivity contribution >= 4 is 11.8 Å². The van der Waals surface area contributed by atoms with Crippen LogP contribution in [0.3, 0.4) is 0 Å². The maximum Gasteiger partial charge on any atom is 0.226 e. The first-order valence-electron chi connectivity index (χ1n) is 8.20. The Morgan fingerprint density at radius 2 is 2.08 bits per heavy atom. The lowest BCUT2D eigenvalue weighted by molar-refractivity contribution is 0.203. The third-order valence-electron chi connectivity index (χ3n) is 4.30. The number of aliphatic hydroxyl groups is 1. The zero-order valence-corrected chi connectivity index (χ0v) is 13.9. The molecule has 0 aromatic carbocycles. The highest BCUT2D eigenvalue weighted by Gasteiger charge is 2.19. The molecule has 0 unspecified atom stereocenters. The first-order chi connectivity index (χ1) is 11.8. The molecule has 2 aromatic rings. The third kappa shape index (κ3) is 4.11. The van der Waals surface area contributed by atoms with Crippen LogP contribution in [-0.2, 0) is 6.54 Å². The van der Waals surface area contributed by atoms with Gasteiger partial charge in [-0.25, -0.2) is 9.97 Å². The fourth-order valence-corrected chi connectivity index (χ4v) is 2.78. The van der Waals surface area contributed by atoms with Crippen LogP contribution in [0.15, 0.2) is 30.6 Å². The summed E-state index contributed by atoms with van der Waals surface area (Å²) in [5.41, 5.74) is 1.07. The third-order valence-corrected chi connectivity index (χ3v) is 4.30. The average molecular weight is 329 g/mol. The van der Waals surface area contributed by atoms with E-state index in [0.717, 1.165) is 37.3 Å². The van der Waals surface area contributed by atoms with Gasteiger partial charge in [0.05, 0.1) is 7.11 Å². The summed E-state index contributed by atoms with van der Waals surface area (Å²) >= 11 is 0. The lowest BCUT2D eigenvalue weighted by Crippen LogP contribution is -2.35. The van der Waals surface area contributed by atoms with Crippen LogP contribution in [0.4, 0.5) is 11.8 Å². The van der Waals surface area contributed by atoms with Crippen molar-refractivity contribution in [2.45, 2.75) is 19.4 Å². The van der Waals surface area contributed by atoms with E-state index in [1.807, 2.05) is 12.3 Å². The number of nitrogens with zero attached hydrogens (tertiary/aromatic N) is 4. The first-order valence-corrected chi connectivity index (χ1v) is 8.20. The maximum atomic E-state index is 9.21. The van der Waals surface area contributed by atoms with Crippen molar-refractivity contribution < 1.29 is 9.84 Å². The molecule has 0 spiro atoms. The van der Waals surface area contributed by atoms with Crippen LogP contribution in [0.25, 0.3) is 0 Å². The van der Waals surface area contributed by atoms with Gasteiger partial charge in [-0.2, -0.15) is 4.98 Å². The summed E-state index contributed by atoms with van der Waals surface area (Å²) in [5, 5.41) is 12.4.